The second-order valence-corrected chi connectivity index (χ2v) is 18.2. The number of hydrogen-bond acceptors (Lipinski definition) is 7. The molecule has 0 spiro atoms. The molecular formula is C50H89NO8P+. The fourth-order valence-corrected chi connectivity index (χ4v) is 6.72. The van der Waals surface area contributed by atoms with E-state index in [2.05, 4.69) is 80.7 Å². The summed E-state index contributed by atoms with van der Waals surface area (Å²) in [6.07, 6.45) is 52.4. The van der Waals surface area contributed by atoms with Gasteiger partial charge in [-0.05, 0) is 83.5 Å². The molecule has 0 radical (unpaired) electrons. The number of phosphoric ester groups is 1. The molecule has 0 aromatic rings. The minimum absolute atomic E-state index is 0.0176. The van der Waals surface area contributed by atoms with Crippen LogP contribution in [0.2, 0.25) is 0 Å². The number of phosphoric acid groups is 1. The molecule has 0 aromatic heterocycles. The molecule has 1 unspecified atom stereocenters. The molecule has 0 rings (SSSR count). The van der Waals surface area contributed by atoms with E-state index in [0.717, 1.165) is 57.8 Å². The maximum atomic E-state index is 12.7. The van der Waals surface area contributed by atoms with E-state index in [0.29, 0.717) is 23.9 Å². The lowest BCUT2D eigenvalue weighted by Crippen LogP contribution is -2.37. The molecule has 0 aromatic carbocycles. The highest BCUT2D eigenvalue weighted by Crippen LogP contribution is 2.43. The van der Waals surface area contributed by atoms with Gasteiger partial charge in [0.1, 0.15) is 19.8 Å². The Bertz CT molecular complexity index is 1250. The lowest BCUT2D eigenvalue weighted by Gasteiger charge is -2.24. The first-order valence-corrected chi connectivity index (χ1v) is 25.2. The number of unbranched alkanes of at least 4 members (excludes halogenated alkanes) is 16. The summed E-state index contributed by atoms with van der Waals surface area (Å²) >= 11 is 0. The molecule has 2 atom stereocenters. The molecule has 1 N–H and O–H groups in total. The molecule has 346 valence electrons. The van der Waals surface area contributed by atoms with Gasteiger partial charge in [-0.1, -0.05) is 157 Å². The Balaban J connectivity index is 4.41. The molecule has 0 aliphatic carbocycles. The van der Waals surface area contributed by atoms with Crippen molar-refractivity contribution in [3.63, 3.8) is 0 Å². The number of esters is 2. The van der Waals surface area contributed by atoms with Crippen LogP contribution < -0.4 is 0 Å². The number of hydrogen-bond donors (Lipinski definition) is 1. The molecule has 10 heteroatoms. The lowest BCUT2D eigenvalue weighted by molar-refractivity contribution is -0.870. The SMILES string of the molecule is CCCCC/C=C\C/C=C\C/C=C\C/C=C\CCCC(=O)O[C@H](COC(=O)CCCCCCCCCCC/C=C\C/C=C\CCCCC)COP(=O)(O)OCC[N+](C)(C)C. The topological polar surface area (TPSA) is 108 Å². The highest BCUT2D eigenvalue weighted by Gasteiger charge is 2.27. The van der Waals surface area contributed by atoms with Crippen LogP contribution >= 0.6 is 7.82 Å². The fourth-order valence-electron chi connectivity index (χ4n) is 5.98. The van der Waals surface area contributed by atoms with Crippen LogP contribution in [0.1, 0.15) is 181 Å². The Morgan fingerprint density at radius 3 is 1.38 bits per heavy atom. The van der Waals surface area contributed by atoms with Crippen LogP contribution in [0.4, 0.5) is 0 Å². The first kappa shape index (κ1) is 57.4. The summed E-state index contributed by atoms with van der Waals surface area (Å²) < 4.78 is 34.3. The Kier molecular flexibility index (Phi) is 40.0. The Morgan fingerprint density at radius 2 is 0.917 bits per heavy atom. The standard InChI is InChI=1S/C50H88NO8P/c1-6-8-10-12-14-16-18-20-22-24-25-27-28-30-32-34-36-38-40-42-49(52)56-46-48(47-58-60(54,55)57-45-44-51(3,4)5)59-50(53)43-41-39-37-35-33-31-29-26-23-21-19-17-15-13-11-9-7-2/h14-17,20-23,29,31,35,37,48H,6-13,18-19,24-28,30,32-34,36,38-47H2,1-5H3/p+1/b16-14-,17-15-,22-20-,23-21-,31-29-,37-35-/t48-/m1/s1. The molecule has 0 saturated heterocycles. The van der Waals surface area contributed by atoms with Crippen LogP contribution in [-0.2, 0) is 32.7 Å². The fraction of sp³-hybridized carbons (Fsp3) is 0.720. The second kappa shape index (κ2) is 41.8. The highest BCUT2D eigenvalue weighted by atomic mass is 31.2. The van der Waals surface area contributed by atoms with Crippen LogP contribution in [0.15, 0.2) is 72.9 Å². The summed E-state index contributed by atoms with van der Waals surface area (Å²) in [6.45, 7) is 4.29. The second-order valence-electron chi connectivity index (χ2n) is 16.8. The number of quaternary nitrogens is 1. The minimum atomic E-state index is -4.40. The van der Waals surface area contributed by atoms with Crippen LogP contribution in [-0.4, -0.2) is 74.9 Å². The molecule has 0 amide bonds. The summed E-state index contributed by atoms with van der Waals surface area (Å²) in [7, 11) is 1.43. The van der Waals surface area contributed by atoms with E-state index in [9.17, 15) is 19.0 Å². The molecule has 0 bridgehead atoms. The van der Waals surface area contributed by atoms with Gasteiger partial charge in [-0.15, -0.1) is 0 Å². The Labute approximate surface area is 368 Å². The van der Waals surface area contributed by atoms with Gasteiger partial charge >= 0.3 is 19.8 Å². The molecule has 60 heavy (non-hydrogen) atoms. The number of carbonyl (C=O) groups excluding carboxylic acids is 2. The third kappa shape index (κ3) is 45.0. The highest BCUT2D eigenvalue weighted by molar-refractivity contribution is 7.47. The molecule has 0 heterocycles. The smallest absolute Gasteiger partial charge is 0.462 e. The molecule has 9 nitrogen and oxygen atoms in total. The van der Waals surface area contributed by atoms with Crippen LogP contribution in [0, 0.1) is 0 Å². The molecule has 0 aliphatic rings. The van der Waals surface area contributed by atoms with Gasteiger partial charge in [0.15, 0.2) is 6.10 Å². The first-order chi connectivity index (χ1) is 29.0. The van der Waals surface area contributed by atoms with E-state index < -0.39 is 26.5 Å². The quantitative estimate of drug-likeness (QED) is 0.0212. The molecular weight excluding hydrogens is 774 g/mol. The van der Waals surface area contributed by atoms with Gasteiger partial charge in [0.25, 0.3) is 0 Å². The van der Waals surface area contributed by atoms with Gasteiger partial charge in [-0.3, -0.25) is 18.6 Å². The van der Waals surface area contributed by atoms with Crippen molar-refractivity contribution in [2.45, 2.75) is 187 Å². The minimum Gasteiger partial charge on any atom is -0.462 e. The van der Waals surface area contributed by atoms with Gasteiger partial charge in [0.05, 0.1) is 27.7 Å². The number of likely N-dealkylation sites (N-methyl/N-ethyl adjacent to an activating group) is 1. The third-order valence-electron chi connectivity index (χ3n) is 9.71. The summed E-state index contributed by atoms with van der Waals surface area (Å²) in [5, 5.41) is 0. The lowest BCUT2D eigenvalue weighted by atomic mass is 10.1. The van der Waals surface area contributed by atoms with Gasteiger partial charge in [0, 0.05) is 12.8 Å². The average Bonchev–Trinajstić information content (AvgIpc) is 3.20. The largest absolute Gasteiger partial charge is 0.472 e. The van der Waals surface area contributed by atoms with Gasteiger partial charge in [-0.2, -0.15) is 0 Å². The predicted octanol–water partition coefficient (Wildman–Crippen LogP) is 13.8. The summed E-state index contributed by atoms with van der Waals surface area (Å²) in [5.41, 5.74) is 0. The van der Waals surface area contributed by atoms with Crippen molar-refractivity contribution in [2.24, 2.45) is 0 Å². The molecule has 0 fully saturated rings. The van der Waals surface area contributed by atoms with Crippen molar-refractivity contribution in [1.82, 2.24) is 0 Å². The van der Waals surface area contributed by atoms with Gasteiger partial charge < -0.3 is 18.9 Å². The van der Waals surface area contributed by atoms with Gasteiger partial charge in [-0.25, -0.2) is 4.57 Å². The van der Waals surface area contributed by atoms with Crippen molar-refractivity contribution < 1.29 is 42.1 Å². The number of nitrogens with zero attached hydrogens (tertiary/aromatic N) is 1. The number of rotatable bonds is 42. The summed E-state index contributed by atoms with van der Waals surface area (Å²) in [5.74, 6) is -0.873. The molecule has 0 aliphatic heterocycles. The number of ether oxygens (including phenoxy) is 2. The first-order valence-electron chi connectivity index (χ1n) is 23.7. The Morgan fingerprint density at radius 1 is 0.517 bits per heavy atom. The zero-order valence-corrected chi connectivity index (χ0v) is 39.8. The molecule has 0 saturated carbocycles. The van der Waals surface area contributed by atoms with E-state index in [1.807, 2.05) is 27.2 Å². The van der Waals surface area contributed by atoms with E-state index in [1.54, 1.807) is 0 Å². The maximum absolute atomic E-state index is 12.7. The van der Waals surface area contributed by atoms with E-state index in [4.69, 9.17) is 18.5 Å². The van der Waals surface area contributed by atoms with Crippen molar-refractivity contribution in [3.05, 3.63) is 72.9 Å². The average molecular weight is 863 g/mol. The number of allylic oxidation sites excluding steroid dienone is 12. The summed E-state index contributed by atoms with van der Waals surface area (Å²) in [6, 6.07) is 0. The van der Waals surface area contributed by atoms with Crippen molar-refractivity contribution in [1.29, 1.82) is 0 Å². The van der Waals surface area contributed by atoms with Crippen LogP contribution in [0.3, 0.4) is 0 Å². The van der Waals surface area contributed by atoms with Gasteiger partial charge in [0.2, 0.25) is 0 Å². The van der Waals surface area contributed by atoms with Crippen molar-refractivity contribution in [3.8, 4) is 0 Å². The zero-order chi connectivity index (χ0) is 44.3. The van der Waals surface area contributed by atoms with E-state index in [-0.39, 0.29) is 32.0 Å². The normalized spacial score (nSPS) is 14.2. The maximum Gasteiger partial charge on any atom is 0.472 e. The summed E-state index contributed by atoms with van der Waals surface area (Å²) in [4.78, 5) is 35.4. The van der Waals surface area contributed by atoms with E-state index in [1.165, 1.54) is 83.5 Å². The monoisotopic (exact) mass is 863 g/mol. The number of carbonyl (C=O) groups is 2. The van der Waals surface area contributed by atoms with Crippen molar-refractivity contribution in [2.75, 3.05) is 47.5 Å². The van der Waals surface area contributed by atoms with E-state index >= 15 is 0 Å². The predicted molar refractivity (Wildman–Crippen MR) is 252 cm³/mol. The Hall–Kier alpha value is -2.55. The van der Waals surface area contributed by atoms with Crippen LogP contribution in [0.5, 0.6) is 0 Å². The van der Waals surface area contributed by atoms with Crippen molar-refractivity contribution >= 4 is 19.8 Å². The third-order valence-corrected chi connectivity index (χ3v) is 10.7. The van der Waals surface area contributed by atoms with Crippen LogP contribution in [0.25, 0.3) is 0 Å². The zero-order valence-electron chi connectivity index (χ0n) is 38.9.